The number of methoxy groups -OCH3 is 1. The number of unbranched alkanes of at least 4 members (excludes halogenated alkanes) is 1. The average Bonchev–Trinajstić information content (AvgIpc) is 2.43. The van der Waals surface area contributed by atoms with E-state index in [1.54, 1.807) is 6.07 Å². The van der Waals surface area contributed by atoms with Gasteiger partial charge < -0.3 is 9.84 Å². The minimum atomic E-state index is -3.74. The summed E-state index contributed by atoms with van der Waals surface area (Å²) in [5.41, 5.74) is 0. The molecule has 1 rings (SSSR count). The normalized spacial score (nSPS) is 13.2. The van der Waals surface area contributed by atoms with Crippen molar-refractivity contribution in [3.8, 4) is 5.75 Å². The monoisotopic (exact) mass is 443 g/mol. The Labute approximate surface area is 142 Å². The molecule has 0 heterocycles. The second-order valence-corrected chi connectivity index (χ2v) is 7.95. The number of nitrogens with one attached hydrogen (secondary N) is 1. The largest absolute Gasteiger partial charge is 0.496 e. The van der Waals surface area contributed by atoms with Crippen molar-refractivity contribution in [2.75, 3.05) is 13.7 Å². The van der Waals surface area contributed by atoms with Gasteiger partial charge in [0, 0.05) is 16.6 Å². The number of halogens is 2. The van der Waals surface area contributed by atoms with Crippen LogP contribution in [0.4, 0.5) is 0 Å². The molecule has 21 heavy (non-hydrogen) atoms. The molecule has 0 radical (unpaired) electrons. The van der Waals surface area contributed by atoms with Gasteiger partial charge in [-0.1, -0.05) is 19.8 Å². The smallest absolute Gasteiger partial charge is 0.242 e. The summed E-state index contributed by atoms with van der Waals surface area (Å²) in [7, 11) is -2.27. The summed E-state index contributed by atoms with van der Waals surface area (Å²) in [4.78, 5) is 0.0810. The fourth-order valence-electron chi connectivity index (χ4n) is 1.79. The topological polar surface area (TPSA) is 75.6 Å². The zero-order valence-electron chi connectivity index (χ0n) is 11.9. The molecule has 2 N–H and O–H groups in total. The van der Waals surface area contributed by atoms with Gasteiger partial charge in [-0.25, -0.2) is 13.1 Å². The van der Waals surface area contributed by atoms with Crippen LogP contribution in [-0.4, -0.2) is 33.3 Å². The van der Waals surface area contributed by atoms with Gasteiger partial charge in [-0.15, -0.1) is 0 Å². The fourth-order valence-corrected chi connectivity index (χ4v) is 4.92. The third-order valence-corrected chi connectivity index (χ3v) is 6.04. The van der Waals surface area contributed by atoms with E-state index in [-0.39, 0.29) is 11.5 Å². The SMILES string of the molecule is CCCCC(CO)NS(=O)(=O)c1cc(OC)c(Br)cc1Br. The molecule has 0 saturated carbocycles. The average molecular weight is 445 g/mol. The summed E-state index contributed by atoms with van der Waals surface area (Å²) >= 11 is 6.54. The van der Waals surface area contributed by atoms with Crippen molar-refractivity contribution < 1.29 is 18.3 Å². The van der Waals surface area contributed by atoms with Gasteiger partial charge in [-0.3, -0.25) is 0 Å². The number of hydrogen-bond acceptors (Lipinski definition) is 4. The van der Waals surface area contributed by atoms with Crippen LogP contribution < -0.4 is 9.46 Å². The molecule has 0 aromatic heterocycles. The van der Waals surface area contributed by atoms with E-state index in [2.05, 4.69) is 36.6 Å². The van der Waals surface area contributed by atoms with Crippen molar-refractivity contribution >= 4 is 41.9 Å². The summed E-state index contributed by atoms with van der Waals surface area (Å²) in [5.74, 6) is 0.424. The van der Waals surface area contributed by atoms with Gasteiger partial charge in [0.05, 0.1) is 23.1 Å². The van der Waals surface area contributed by atoms with Gasteiger partial charge >= 0.3 is 0 Å². The lowest BCUT2D eigenvalue weighted by Crippen LogP contribution is -2.37. The molecule has 0 bridgehead atoms. The molecule has 1 unspecified atom stereocenters. The molecule has 0 aliphatic carbocycles. The molecular formula is C13H19Br2NO4S. The van der Waals surface area contributed by atoms with Crippen LogP contribution in [0.2, 0.25) is 0 Å². The predicted molar refractivity (Wildman–Crippen MR) is 89.1 cm³/mol. The molecule has 5 nitrogen and oxygen atoms in total. The first-order chi connectivity index (χ1) is 9.85. The van der Waals surface area contributed by atoms with Crippen LogP contribution in [-0.2, 0) is 10.0 Å². The van der Waals surface area contributed by atoms with Crippen molar-refractivity contribution in [3.05, 3.63) is 21.1 Å². The molecule has 1 aromatic carbocycles. The lowest BCUT2D eigenvalue weighted by molar-refractivity contribution is 0.248. The number of ether oxygens (including phenoxy) is 1. The molecule has 0 fully saturated rings. The highest BCUT2D eigenvalue weighted by molar-refractivity contribution is 9.11. The first-order valence-electron chi connectivity index (χ1n) is 6.52. The number of hydrogen-bond donors (Lipinski definition) is 2. The molecule has 120 valence electrons. The van der Waals surface area contributed by atoms with Crippen molar-refractivity contribution in [2.45, 2.75) is 37.1 Å². The van der Waals surface area contributed by atoms with Crippen LogP contribution >= 0.6 is 31.9 Å². The maximum atomic E-state index is 12.4. The van der Waals surface area contributed by atoms with E-state index in [9.17, 15) is 13.5 Å². The molecule has 0 aliphatic rings. The number of aliphatic hydroxyl groups is 1. The van der Waals surface area contributed by atoms with Gasteiger partial charge in [-0.2, -0.15) is 0 Å². The quantitative estimate of drug-likeness (QED) is 0.646. The van der Waals surface area contributed by atoms with Crippen LogP contribution in [0.5, 0.6) is 5.75 Å². The highest BCUT2D eigenvalue weighted by atomic mass is 79.9. The summed E-state index contributed by atoms with van der Waals surface area (Å²) < 4.78 is 33.6. The zero-order valence-corrected chi connectivity index (χ0v) is 15.9. The highest BCUT2D eigenvalue weighted by Crippen LogP contribution is 2.33. The Morgan fingerprint density at radius 1 is 1.33 bits per heavy atom. The standard InChI is InChI=1S/C13H19Br2NO4S/c1-3-4-5-9(8-17)16-21(18,19)13-7-12(20-2)10(14)6-11(13)15/h6-7,9,16-17H,3-5,8H2,1-2H3. The Hall–Kier alpha value is -0.150. The molecule has 0 aliphatic heterocycles. The first-order valence-corrected chi connectivity index (χ1v) is 9.58. The summed E-state index contributed by atoms with van der Waals surface area (Å²) in [6.45, 7) is 1.78. The number of sulfonamides is 1. The Balaban J connectivity index is 3.07. The summed E-state index contributed by atoms with van der Waals surface area (Å²) in [5, 5.41) is 9.31. The molecule has 1 aromatic rings. The minimum Gasteiger partial charge on any atom is -0.496 e. The second-order valence-electron chi connectivity index (χ2n) is 4.56. The van der Waals surface area contributed by atoms with E-state index < -0.39 is 16.1 Å². The predicted octanol–water partition coefficient (Wildman–Crippen LogP) is 3.05. The molecular weight excluding hydrogens is 426 g/mol. The van der Waals surface area contributed by atoms with Crippen molar-refractivity contribution in [2.24, 2.45) is 0 Å². The van der Waals surface area contributed by atoms with Gasteiger partial charge in [0.1, 0.15) is 5.75 Å². The maximum Gasteiger partial charge on any atom is 0.242 e. The summed E-state index contributed by atoms with van der Waals surface area (Å²) in [6, 6.07) is 2.56. The van der Waals surface area contributed by atoms with E-state index in [0.29, 0.717) is 21.1 Å². The van der Waals surface area contributed by atoms with Crippen LogP contribution in [0, 0.1) is 0 Å². The highest BCUT2D eigenvalue weighted by Gasteiger charge is 2.23. The Kier molecular flexibility index (Phi) is 7.63. The van der Waals surface area contributed by atoms with Gasteiger partial charge in [0.2, 0.25) is 10.0 Å². The Morgan fingerprint density at radius 3 is 2.52 bits per heavy atom. The van der Waals surface area contributed by atoms with Crippen molar-refractivity contribution in [3.63, 3.8) is 0 Å². The van der Waals surface area contributed by atoms with E-state index >= 15 is 0 Å². The third-order valence-electron chi connectivity index (χ3n) is 2.94. The zero-order chi connectivity index (χ0) is 16.0. The lowest BCUT2D eigenvalue weighted by Gasteiger charge is -2.17. The fraction of sp³-hybridized carbons (Fsp3) is 0.538. The van der Waals surface area contributed by atoms with Crippen LogP contribution in [0.25, 0.3) is 0 Å². The maximum absolute atomic E-state index is 12.4. The van der Waals surface area contributed by atoms with E-state index in [1.807, 2.05) is 6.92 Å². The molecule has 0 amide bonds. The van der Waals surface area contributed by atoms with E-state index in [0.717, 1.165) is 12.8 Å². The van der Waals surface area contributed by atoms with Crippen molar-refractivity contribution in [1.82, 2.24) is 4.72 Å². The minimum absolute atomic E-state index is 0.0810. The molecule has 0 saturated heterocycles. The molecule has 8 heteroatoms. The lowest BCUT2D eigenvalue weighted by atomic mass is 10.1. The van der Waals surface area contributed by atoms with Crippen LogP contribution in [0.15, 0.2) is 26.0 Å². The van der Waals surface area contributed by atoms with E-state index in [1.165, 1.54) is 13.2 Å². The number of aliphatic hydroxyl groups excluding tert-OH is 1. The van der Waals surface area contributed by atoms with Gasteiger partial charge in [-0.05, 0) is 44.3 Å². The Morgan fingerprint density at radius 2 is 2.00 bits per heavy atom. The van der Waals surface area contributed by atoms with Gasteiger partial charge in [0.25, 0.3) is 0 Å². The van der Waals surface area contributed by atoms with E-state index in [4.69, 9.17) is 4.74 Å². The Bertz CT molecular complexity index is 578. The van der Waals surface area contributed by atoms with Crippen molar-refractivity contribution in [1.29, 1.82) is 0 Å². The second kappa shape index (κ2) is 8.47. The van der Waals surface area contributed by atoms with Gasteiger partial charge in [0.15, 0.2) is 0 Å². The number of rotatable bonds is 8. The molecule has 1 atom stereocenters. The first kappa shape index (κ1) is 18.9. The molecule has 0 spiro atoms. The number of benzene rings is 1. The third kappa shape index (κ3) is 5.21. The summed E-state index contributed by atoms with van der Waals surface area (Å²) in [6.07, 6.45) is 2.38. The van der Waals surface area contributed by atoms with Crippen LogP contribution in [0.3, 0.4) is 0 Å². The van der Waals surface area contributed by atoms with Crippen LogP contribution in [0.1, 0.15) is 26.2 Å².